The van der Waals surface area contributed by atoms with E-state index in [4.69, 9.17) is 0 Å². The van der Waals surface area contributed by atoms with Crippen molar-refractivity contribution in [2.24, 2.45) is 22.2 Å². The van der Waals surface area contributed by atoms with Crippen LogP contribution in [0.25, 0.3) is 0 Å². The van der Waals surface area contributed by atoms with Crippen LogP contribution in [-0.4, -0.2) is 51.6 Å². The highest BCUT2D eigenvalue weighted by Crippen LogP contribution is 2.63. The number of hydrogen-bond acceptors (Lipinski definition) is 7. The van der Waals surface area contributed by atoms with Gasteiger partial charge in [0.15, 0.2) is 23.0 Å². The predicted molar refractivity (Wildman–Crippen MR) is 172 cm³/mol. The molecule has 0 radical (unpaired) electrons. The lowest BCUT2D eigenvalue weighted by Gasteiger charge is -2.58. The summed E-state index contributed by atoms with van der Waals surface area (Å²) in [6.07, 6.45) is 11.0. The number of phenolic OH excluding ortho intramolecular Hbond substituents is 4. The molecule has 4 rings (SSSR count). The van der Waals surface area contributed by atoms with Crippen LogP contribution in [0.3, 0.4) is 0 Å². The van der Waals surface area contributed by atoms with Crippen LogP contribution in [0.1, 0.15) is 95.6 Å². The number of carbonyl (C=O) groups excluding carboxylic acids is 3. The summed E-state index contributed by atoms with van der Waals surface area (Å²) in [6.45, 7) is 5.48. The van der Waals surface area contributed by atoms with Crippen molar-refractivity contribution in [2.45, 2.75) is 97.3 Å². The van der Waals surface area contributed by atoms with Crippen molar-refractivity contribution >= 4 is 18.1 Å². The number of amides is 2. The molecule has 6 N–H and O–H groups in total. The molecule has 9 heteroatoms. The average molecular weight is 623 g/mol. The maximum atomic E-state index is 13.0. The molecule has 2 aliphatic rings. The molecule has 4 unspecified atom stereocenters. The molecule has 45 heavy (non-hydrogen) atoms. The summed E-state index contributed by atoms with van der Waals surface area (Å²) in [4.78, 5) is 37.1. The van der Waals surface area contributed by atoms with Crippen LogP contribution in [0, 0.1) is 22.2 Å². The molecular weight excluding hydrogens is 572 g/mol. The third-order valence-corrected chi connectivity index (χ3v) is 10.1. The Hall–Kier alpha value is -3.75. The third-order valence-electron chi connectivity index (χ3n) is 10.1. The topological polar surface area (TPSA) is 156 Å². The van der Waals surface area contributed by atoms with Crippen molar-refractivity contribution < 1.29 is 34.8 Å². The fourth-order valence-electron chi connectivity index (χ4n) is 8.56. The molecule has 9 nitrogen and oxygen atoms in total. The number of aldehydes is 1. The minimum Gasteiger partial charge on any atom is -0.504 e. The molecule has 2 fully saturated rings. The van der Waals surface area contributed by atoms with E-state index in [9.17, 15) is 34.8 Å². The van der Waals surface area contributed by atoms with E-state index in [1.54, 1.807) is 12.1 Å². The standard InChI is InChI=1S/C36H50N2O7/c1-34(12-3-17-39)20-27-21-35(2,13-8-32(44)37-15-10-25-4-6-28(40)30(42)18-25)24-36(22-27,23-34)14-9-33(45)38-16-11-26-5-7-29(41)31(43)19-26/h4-7,17-19,27,40-43H,3,8-16,20-24H2,1-2H3,(H,37,44)(H,38,45). The molecule has 2 aliphatic carbocycles. The summed E-state index contributed by atoms with van der Waals surface area (Å²) in [5.74, 6) is -0.179. The molecule has 4 atom stereocenters. The van der Waals surface area contributed by atoms with Crippen molar-refractivity contribution in [3.05, 3.63) is 47.5 Å². The Morgan fingerprint density at radius 2 is 1.22 bits per heavy atom. The first-order chi connectivity index (χ1) is 21.3. The van der Waals surface area contributed by atoms with E-state index < -0.39 is 0 Å². The van der Waals surface area contributed by atoms with E-state index in [2.05, 4.69) is 24.5 Å². The molecule has 0 spiro atoms. The van der Waals surface area contributed by atoms with Crippen molar-refractivity contribution in [3.63, 3.8) is 0 Å². The summed E-state index contributed by atoms with van der Waals surface area (Å²) in [5.41, 5.74) is 1.68. The Morgan fingerprint density at radius 3 is 1.71 bits per heavy atom. The van der Waals surface area contributed by atoms with Gasteiger partial charge >= 0.3 is 0 Å². The van der Waals surface area contributed by atoms with Gasteiger partial charge in [-0.05, 0) is 122 Å². The number of carbonyl (C=O) groups is 3. The van der Waals surface area contributed by atoms with Crippen molar-refractivity contribution in [3.8, 4) is 23.0 Å². The van der Waals surface area contributed by atoms with Crippen LogP contribution in [-0.2, 0) is 27.2 Å². The van der Waals surface area contributed by atoms with Gasteiger partial charge in [0.2, 0.25) is 11.8 Å². The summed E-state index contributed by atoms with van der Waals surface area (Å²) in [7, 11) is 0. The van der Waals surface area contributed by atoms with Gasteiger partial charge in [-0.2, -0.15) is 0 Å². The maximum Gasteiger partial charge on any atom is 0.220 e. The lowest BCUT2D eigenvalue weighted by molar-refractivity contribution is -0.125. The molecule has 2 saturated carbocycles. The molecule has 2 bridgehead atoms. The van der Waals surface area contributed by atoms with Gasteiger partial charge in [-0.1, -0.05) is 26.0 Å². The monoisotopic (exact) mass is 622 g/mol. The second-order valence-corrected chi connectivity index (χ2v) is 14.5. The van der Waals surface area contributed by atoms with Gasteiger partial charge in [0.25, 0.3) is 0 Å². The van der Waals surface area contributed by atoms with Crippen molar-refractivity contribution in [1.29, 1.82) is 0 Å². The third kappa shape index (κ3) is 9.62. The highest BCUT2D eigenvalue weighted by molar-refractivity contribution is 5.76. The van der Waals surface area contributed by atoms with Crippen LogP contribution >= 0.6 is 0 Å². The first-order valence-electron chi connectivity index (χ1n) is 16.3. The largest absolute Gasteiger partial charge is 0.504 e. The summed E-state index contributed by atoms with van der Waals surface area (Å²) in [5, 5.41) is 44.5. The molecular formula is C36H50N2O7. The van der Waals surface area contributed by atoms with Gasteiger partial charge in [0.05, 0.1) is 0 Å². The highest BCUT2D eigenvalue weighted by Gasteiger charge is 2.53. The van der Waals surface area contributed by atoms with E-state index >= 15 is 0 Å². The number of nitrogens with one attached hydrogen (secondary N) is 2. The van der Waals surface area contributed by atoms with Crippen molar-refractivity contribution in [2.75, 3.05) is 13.1 Å². The van der Waals surface area contributed by atoms with E-state index in [0.29, 0.717) is 51.1 Å². The van der Waals surface area contributed by atoms with E-state index in [-0.39, 0.29) is 51.1 Å². The average Bonchev–Trinajstić information content (AvgIpc) is 2.97. The number of hydrogen-bond donors (Lipinski definition) is 6. The van der Waals surface area contributed by atoms with E-state index in [1.165, 1.54) is 24.3 Å². The van der Waals surface area contributed by atoms with Crippen LogP contribution < -0.4 is 10.6 Å². The van der Waals surface area contributed by atoms with Crippen molar-refractivity contribution in [1.82, 2.24) is 10.6 Å². The number of phenols is 4. The normalized spacial score (nSPS) is 25.8. The first-order valence-corrected chi connectivity index (χ1v) is 16.3. The zero-order valence-electron chi connectivity index (χ0n) is 26.7. The van der Waals surface area contributed by atoms with E-state index in [0.717, 1.165) is 68.8 Å². The highest BCUT2D eigenvalue weighted by atomic mass is 16.3. The Balaban J connectivity index is 1.32. The molecule has 0 heterocycles. The number of benzene rings is 2. The Morgan fingerprint density at radius 1 is 0.733 bits per heavy atom. The Bertz CT molecular complexity index is 1360. The van der Waals surface area contributed by atoms with Gasteiger partial charge < -0.3 is 35.9 Å². The minimum atomic E-state index is -0.171. The van der Waals surface area contributed by atoms with Crippen LogP contribution in [0.5, 0.6) is 23.0 Å². The maximum absolute atomic E-state index is 13.0. The smallest absolute Gasteiger partial charge is 0.220 e. The second-order valence-electron chi connectivity index (χ2n) is 14.5. The lowest BCUT2D eigenvalue weighted by Crippen LogP contribution is -2.48. The van der Waals surface area contributed by atoms with Gasteiger partial charge in [-0.15, -0.1) is 0 Å². The lowest BCUT2D eigenvalue weighted by atomic mass is 9.47. The molecule has 246 valence electrons. The SMILES string of the molecule is CC1(CCC=O)CC2CC(C)(CCC(=O)NCCc3ccc(O)c(O)c3)CC(CCC(=O)NCCc3ccc(O)c(O)c3)(C2)C1. The molecule has 0 aliphatic heterocycles. The zero-order chi connectivity index (χ0) is 32.7. The molecule has 2 aromatic carbocycles. The fraction of sp³-hybridized carbons (Fsp3) is 0.583. The summed E-state index contributed by atoms with van der Waals surface area (Å²) < 4.78 is 0. The fourth-order valence-corrected chi connectivity index (χ4v) is 8.56. The number of aromatic hydroxyl groups is 4. The number of fused-ring (bicyclic) bond motifs is 2. The minimum absolute atomic E-state index is 0.00107. The van der Waals surface area contributed by atoms with Gasteiger partial charge in [0, 0.05) is 32.4 Å². The molecule has 0 saturated heterocycles. The van der Waals surface area contributed by atoms with Gasteiger partial charge in [-0.25, -0.2) is 0 Å². The quantitative estimate of drug-likeness (QED) is 0.111. The Labute approximate surface area is 266 Å². The predicted octanol–water partition coefficient (Wildman–Crippen LogP) is 5.66. The summed E-state index contributed by atoms with van der Waals surface area (Å²) in [6, 6.07) is 9.36. The van der Waals surface area contributed by atoms with Crippen LogP contribution in [0.2, 0.25) is 0 Å². The van der Waals surface area contributed by atoms with Crippen LogP contribution in [0.15, 0.2) is 36.4 Å². The van der Waals surface area contributed by atoms with Crippen LogP contribution in [0.4, 0.5) is 0 Å². The summed E-state index contributed by atoms with van der Waals surface area (Å²) >= 11 is 0. The van der Waals surface area contributed by atoms with E-state index in [1.807, 2.05) is 0 Å². The van der Waals surface area contributed by atoms with Gasteiger partial charge in [0.1, 0.15) is 6.29 Å². The van der Waals surface area contributed by atoms with Gasteiger partial charge in [-0.3, -0.25) is 9.59 Å². The Kier molecular flexibility index (Phi) is 11.0. The zero-order valence-corrected chi connectivity index (χ0v) is 26.7. The molecule has 2 amide bonds. The second kappa shape index (κ2) is 14.6. The molecule has 0 aromatic heterocycles. The first kappa shape index (κ1) is 34.1. The molecule has 2 aromatic rings. The number of rotatable bonds is 15.